The maximum absolute atomic E-state index is 13.3. The third-order valence-corrected chi connectivity index (χ3v) is 8.40. The third kappa shape index (κ3) is 7.39. The Kier molecular flexibility index (Phi) is 9.83. The summed E-state index contributed by atoms with van der Waals surface area (Å²) in [7, 11) is 0. The van der Waals surface area contributed by atoms with Crippen LogP contribution in [-0.4, -0.2) is 31.3 Å². The maximum Gasteiger partial charge on any atom is 0.416 e. The summed E-state index contributed by atoms with van der Waals surface area (Å²) in [6.07, 6.45) is -1.63. The molecule has 1 aliphatic rings. The van der Waals surface area contributed by atoms with Crippen molar-refractivity contribution in [3.63, 3.8) is 0 Å². The van der Waals surface area contributed by atoms with Crippen LogP contribution in [-0.2, 0) is 17.4 Å². The van der Waals surface area contributed by atoms with E-state index in [0.717, 1.165) is 61.3 Å². The molecule has 0 aromatic heterocycles. The molecule has 1 atom stereocenters. The summed E-state index contributed by atoms with van der Waals surface area (Å²) < 4.78 is 39.9. The molecular weight excluding hydrogens is 561 g/mol. The largest absolute Gasteiger partial charge is 0.416 e. The standard InChI is InChI=1S/C37H37F3N2O2/c1-2-21-41-36(44)35(27-9-4-3-5-10-27)28-19-22-42(23-20-28)31-17-15-26(16-18-31)24-34(43)33-14-7-6-13-32(33)29-11-8-12-30(25-29)37(38,39)40/h3-18,25,28,35H,2,19-24H2,1H3,(H,41,44). The number of nitrogens with one attached hydrogen (secondary N) is 1. The van der Waals surface area contributed by atoms with Gasteiger partial charge in [-0.25, -0.2) is 0 Å². The molecule has 0 bridgehead atoms. The summed E-state index contributed by atoms with van der Waals surface area (Å²) in [4.78, 5) is 28.8. The van der Waals surface area contributed by atoms with E-state index in [-0.39, 0.29) is 29.9 Å². The molecule has 1 heterocycles. The zero-order valence-corrected chi connectivity index (χ0v) is 24.8. The Hall–Kier alpha value is -4.39. The predicted octanol–water partition coefficient (Wildman–Crippen LogP) is 8.32. The van der Waals surface area contributed by atoms with E-state index in [4.69, 9.17) is 0 Å². The van der Waals surface area contributed by atoms with Crippen molar-refractivity contribution in [2.24, 2.45) is 5.92 Å². The Balaban J connectivity index is 1.24. The number of Topliss-reactive ketones (excluding diaryl/α,β-unsaturated/α-hetero) is 1. The summed E-state index contributed by atoms with van der Waals surface area (Å²) in [5.41, 5.74) is 3.46. The average Bonchev–Trinajstić information content (AvgIpc) is 3.05. The highest BCUT2D eigenvalue weighted by molar-refractivity contribution is 6.03. The Morgan fingerprint density at radius 1 is 0.864 bits per heavy atom. The number of carbonyl (C=O) groups is 2. The third-order valence-electron chi connectivity index (χ3n) is 8.40. The number of benzene rings is 4. The quantitative estimate of drug-likeness (QED) is 0.187. The molecule has 228 valence electrons. The lowest BCUT2D eigenvalue weighted by molar-refractivity contribution is -0.137. The van der Waals surface area contributed by atoms with Gasteiger partial charge >= 0.3 is 6.18 Å². The smallest absolute Gasteiger partial charge is 0.372 e. The van der Waals surface area contributed by atoms with Gasteiger partial charge in [0, 0.05) is 37.3 Å². The lowest BCUT2D eigenvalue weighted by atomic mass is 9.79. The van der Waals surface area contributed by atoms with E-state index < -0.39 is 11.7 Å². The highest BCUT2D eigenvalue weighted by atomic mass is 19.4. The number of amides is 1. The monoisotopic (exact) mass is 598 g/mol. The van der Waals surface area contributed by atoms with E-state index in [1.807, 2.05) is 54.6 Å². The van der Waals surface area contributed by atoms with Crippen LogP contribution in [0.1, 0.15) is 59.2 Å². The van der Waals surface area contributed by atoms with Gasteiger partial charge in [-0.2, -0.15) is 13.2 Å². The van der Waals surface area contributed by atoms with E-state index in [1.54, 1.807) is 30.3 Å². The topological polar surface area (TPSA) is 49.4 Å². The molecule has 7 heteroatoms. The van der Waals surface area contributed by atoms with E-state index >= 15 is 0 Å². The minimum atomic E-state index is -4.46. The van der Waals surface area contributed by atoms with Gasteiger partial charge < -0.3 is 10.2 Å². The first-order valence-corrected chi connectivity index (χ1v) is 15.2. The highest BCUT2D eigenvalue weighted by Crippen LogP contribution is 2.36. The van der Waals surface area contributed by atoms with Crippen molar-refractivity contribution in [3.05, 3.63) is 125 Å². The first kappa shape index (κ1) is 31.0. The van der Waals surface area contributed by atoms with Gasteiger partial charge in [0.25, 0.3) is 0 Å². The van der Waals surface area contributed by atoms with Crippen LogP contribution in [0.15, 0.2) is 103 Å². The summed E-state index contributed by atoms with van der Waals surface area (Å²) in [6, 6.07) is 29.8. The SMILES string of the molecule is CCCNC(=O)C(c1ccccc1)C1CCN(c2ccc(CC(=O)c3ccccc3-c3cccc(C(F)(F)F)c3)cc2)CC1. The summed E-state index contributed by atoms with van der Waals surface area (Å²) in [5, 5.41) is 3.10. The van der Waals surface area contributed by atoms with Gasteiger partial charge in [0.2, 0.25) is 5.91 Å². The van der Waals surface area contributed by atoms with Crippen molar-refractivity contribution in [3.8, 4) is 11.1 Å². The molecule has 4 aromatic rings. The van der Waals surface area contributed by atoms with Crippen molar-refractivity contribution in [2.75, 3.05) is 24.5 Å². The number of piperidine rings is 1. The van der Waals surface area contributed by atoms with Gasteiger partial charge in [0.1, 0.15) is 0 Å². The van der Waals surface area contributed by atoms with Crippen LogP contribution < -0.4 is 10.2 Å². The second-order valence-electron chi connectivity index (χ2n) is 11.4. The van der Waals surface area contributed by atoms with Crippen LogP contribution in [0.2, 0.25) is 0 Å². The second kappa shape index (κ2) is 13.9. The molecule has 44 heavy (non-hydrogen) atoms. The van der Waals surface area contributed by atoms with Crippen molar-refractivity contribution < 1.29 is 22.8 Å². The van der Waals surface area contributed by atoms with Crippen LogP contribution in [0.3, 0.4) is 0 Å². The Morgan fingerprint density at radius 2 is 1.55 bits per heavy atom. The van der Waals surface area contributed by atoms with Crippen LogP contribution in [0, 0.1) is 5.92 Å². The lowest BCUT2D eigenvalue weighted by Gasteiger charge is -2.37. The fourth-order valence-electron chi connectivity index (χ4n) is 6.09. The number of anilines is 1. The lowest BCUT2D eigenvalue weighted by Crippen LogP contribution is -2.40. The van der Waals surface area contributed by atoms with Crippen molar-refractivity contribution in [1.82, 2.24) is 5.32 Å². The van der Waals surface area contributed by atoms with Gasteiger partial charge in [0.05, 0.1) is 11.5 Å². The van der Waals surface area contributed by atoms with Crippen LogP contribution in [0.5, 0.6) is 0 Å². The van der Waals surface area contributed by atoms with Gasteiger partial charge in [-0.1, -0.05) is 85.8 Å². The maximum atomic E-state index is 13.3. The molecule has 0 spiro atoms. The first-order chi connectivity index (χ1) is 21.2. The number of halogens is 3. The fourth-order valence-corrected chi connectivity index (χ4v) is 6.09. The minimum Gasteiger partial charge on any atom is -0.372 e. The van der Waals surface area contributed by atoms with Crippen LogP contribution >= 0.6 is 0 Å². The molecular formula is C37H37F3N2O2. The molecule has 1 unspecified atom stereocenters. The van der Waals surface area contributed by atoms with Gasteiger partial charge in [-0.05, 0) is 71.7 Å². The highest BCUT2D eigenvalue weighted by Gasteiger charge is 2.33. The van der Waals surface area contributed by atoms with E-state index in [0.29, 0.717) is 23.2 Å². The van der Waals surface area contributed by atoms with E-state index in [2.05, 4.69) is 17.1 Å². The molecule has 4 nitrogen and oxygen atoms in total. The number of ketones is 1. The van der Waals surface area contributed by atoms with Crippen LogP contribution in [0.4, 0.5) is 18.9 Å². The number of alkyl halides is 3. The Bertz CT molecular complexity index is 1560. The number of hydrogen-bond donors (Lipinski definition) is 1. The Morgan fingerprint density at radius 3 is 2.23 bits per heavy atom. The summed E-state index contributed by atoms with van der Waals surface area (Å²) >= 11 is 0. The Labute approximate surface area is 256 Å². The molecule has 1 fully saturated rings. The zero-order chi connectivity index (χ0) is 31.1. The molecule has 1 aliphatic heterocycles. The van der Waals surface area contributed by atoms with Gasteiger partial charge in [-0.3, -0.25) is 9.59 Å². The predicted molar refractivity (Wildman–Crippen MR) is 169 cm³/mol. The number of carbonyl (C=O) groups excluding carboxylic acids is 2. The summed E-state index contributed by atoms with van der Waals surface area (Å²) in [5.74, 6) is 0.0245. The number of hydrogen-bond acceptors (Lipinski definition) is 3. The molecule has 1 amide bonds. The molecule has 5 rings (SSSR count). The fraction of sp³-hybridized carbons (Fsp3) is 0.297. The van der Waals surface area contributed by atoms with E-state index in [1.165, 1.54) is 6.07 Å². The zero-order valence-electron chi connectivity index (χ0n) is 24.8. The second-order valence-corrected chi connectivity index (χ2v) is 11.4. The number of rotatable bonds is 10. The van der Waals surface area contributed by atoms with Crippen molar-refractivity contribution in [2.45, 2.75) is 44.7 Å². The first-order valence-electron chi connectivity index (χ1n) is 15.2. The molecule has 4 aromatic carbocycles. The minimum absolute atomic E-state index is 0.0974. The van der Waals surface area contributed by atoms with Crippen molar-refractivity contribution >= 4 is 17.4 Å². The normalized spacial score (nSPS) is 14.7. The van der Waals surface area contributed by atoms with Gasteiger partial charge in [0.15, 0.2) is 5.78 Å². The van der Waals surface area contributed by atoms with Crippen molar-refractivity contribution in [1.29, 1.82) is 0 Å². The molecule has 1 N–H and O–H groups in total. The summed E-state index contributed by atoms with van der Waals surface area (Å²) in [6.45, 7) is 4.39. The average molecular weight is 599 g/mol. The molecule has 0 saturated carbocycles. The van der Waals surface area contributed by atoms with Crippen LogP contribution in [0.25, 0.3) is 11.1 Å². The number of nitrogens with zero attached hydrogens (tertiary/aromatic N) is 1. The molecule has 1 saturated heterocycles. The van der Waals surface area contributed by atoms with E-state index in [9.17, 15) is 22.8 Å². The molecule has 0 aliphatic carbocycles. The van der Waals surface area contributed by atoms with Gasteiger partial charge in [-0.15, -0.1) is 0 Å². The molecule has 0 radical (unpaired) electrons.